The van der Waals surface area contributed by atoms with Crippen molar-refractivity contribution in [3.63, 3.8) is 0 Å². The van der Waals surface area contributed by atoms with E-state index >= 15 is 0 Å². The van der Waals surface area contributed by atoms with Gasteiger partial charge in [0.2, 0.25) is 0 Å². The Kier molecular flexibility index (Phi) is 3.07. The number of nitrogens with zero attached hydrogens (tertiary/aromatic N) is 4. The quantitative estimate of drug-likeness (QED) is 0.587. The average molecular weight is 281 g/mol. The van der Waals surface area contributed by atoms with Crippen LogP contribution in [-0.2, 0) is 0 Å². The minimum atomic E-state index is -0.445. The largest absolute Gasteiger partial charge is 0.396 e. The Morgan fingerprint density at radius 2 is 1.95 bits per heavy atom. The molecular weight excluding hydrogens is 270 g/mol. The molecule has 0 aliphatic rings. The number of pyridine rings is 1. The van der Waals surface area contributed by atoms with Gasteiger partial charge in [-0.1, -0.05) is 12.1 Å². The predicted molar refractivity (Wildman–Crippen MR) is 77.9 cm³/mol. The maximum absolute atomic E-state index is 10.8. The monoisotopic (exact) mass is 281 g/mol. The average Bonchev–Trinajstić information content (AvgIpc) is 2.90. The summed E-state index contributed by atoms with van der Waals surface area (Å²) >= 11 is 0. The molecule has 7 nitrogen and oxygen atoms in total. The Balaban J connectivity index is 2.06. The fourth-order valence-electron chi connectivity index (χ4n) is 2.01. The van der Waals surface area contributed by atoms with Crippen LogP contribution in [0.25, 0.3) is 16.9 Å². The normalized spacial score (nSPS) is 10.5. The van der Waals surface area contributed by atoms with E-state index < -0.39 is 4.92 Å². The van der Waals surface area contributed by atoms with Crippen LogP contribution in [0.1, 0.15) is 0 Å². The first kappa shape index (κ1) is 12.8. The highest BCUT2D eigenvalue weighted by atomic mass is 16.6. The number of hydrogen-bond acceptors (Lipinski definition) is 5. The van der Waals surface area contributed by atoms with Crippen LogP contribution < -0.4 is 5.73 Å². The lowest BCUT2D eigenvalue weighted by molar-refractivity contribution is -0.384. The summed E-state index contributed by atoms with van der Waals surface area (Å²) in [5.74, 6) is 0. The first-order chi connectivity index (χ1) is 10.1. The molecule has 0 aliphatic carbocycles. The number of nitro groups is 1. The predicted octanol–water partition coefficient (Wildman–Crippen LogP) is 2.42. The van der Waals surface area contributed by atoms with Gasteiger partial charge >= 0.3 is 0 Å². The van der Waals surface area contributed by atoms with Gasteiger partial charge in [-0.25, -0.2) is 4.68 Å². The van der Waals surface area contributed by atoms with Crippen LogP contribution in [0.3, 0.4) is 0 Å². The third-order valence-electron chi connectivity index (χ3n) is 3.00. The molecule has 0 saturated carbocycles. The van der Waals surface area contributed by atoms with E-state index in [0.29, 0.717) is 16.9 Å². The van der Waals surface area contributed by atoms with Crippen molar-refractivity contribution >= 4 is 11.4 Å². The lowest BCUT2D eigenvalue weighted by atomic mass is 10.1. The molecule has 0 spiro atoms. The highest BCUT2D eigenvalue weighted by Gasteiger charge is 2.13. The standard InChI is InChI=1S/C14H11N5O2/c15-13-9-18(11-4-6-16-7-5-11)17-14(13)10-2-1-3-12(8-10)19(20)21/h1-9H,15H2. The zero-order chi connectivity index (χ0) is 14.8. The van der Waals surface area contributed by atoms with Gasteiger partial charge in [0.1, 0.15) is 5.69 Å². The third kappa shape index (κ3) is 2.44. The molecule has 0 atom stereocenters. The lowest BCUT2D eigenvalue weighted by Gasteiger charge is -2.00. The molecule has 2 N–H and O–H groups in total. The number of benzene rings is 1. The zero-order valence-electron chi connectivity index (χ0n) is 10.9. The van der Waals surface area contributed by atoms with Crippen LogP contribution in [0.2, 0.25) is 0 Å². The summed E-state index contributed by atoms with van der Waals surface area (Å²) < 4.78 is 1.62. The number of non-ortho nitro benzene ring substituents is 1. The molecule has 104 valence electrons. The summed E-state index contributed by atoms with van der Waals surface area (Å²) in [4.78, 5) is 14.3. The Hall–Kier alpha value is -3.22. The van der Waals surface area contributed by atoms with Crippen molar-refractivity contribution < 1.29 is 4.92 Å². The molecule has 2 heterocycles. The van der Waals surface area contributed by atoms with Crippen LogP contribution in [0, 0.1) is 10.1 Å². The molecule has 0 amide bonds. The summed E-state index contributed by atoms with van der Waals surface area (Å²) in [5, 5.41) is 15.2. The van der Waals surface area contributed by atoms with Gasteiger partial charge in [0, 0.05) is 30.1 Å². The van der Waals surface area contributed by atoms with Crippen LogP contribution in [0.4, 0.5) is 11.4 Å². The second kappa shape index (κ2) is 5.04. The summed E-state index contributed by atoms with van der Waals surface area (Å²) in [6.07, 6.45) is 4.98. The van der Waals surface area contributed by atoms with Gasteiger partial charge in [-0.2, -0.15) is 5.10 Å². The minimum absolute atomic E-state index is 0.00496. The topological polar surface area (TPSA) is 99.9 Å². The van der Waals surface area contributed by atoms with Gasteiger partial charge in [0.15, 0.2) is 0 Å². The van der Waals surface area contributed by atoms with Crippen LogP contribution >= 0.6 is 0 Å². The van der Waals surface area contributed by atoms with E-state index in [9.17, 15) is 10.1 Å². The molecule has 0 fully saturated rings. The number of nitrogens with two attached hydrogens (primary N) is 1. The molecule has 2 aromatic heterocycles. The second-order valence-corrected chi connectivity index (χ2v) is 4.39. The molecular formula is C14H11N5O2. The molecule has 0 radical (unpaired) electrons. The Morgan fingerprint density at radius 3 is 2.67 bits per heavy atom. The second-order valence-electron chi connectivity index (χ2n) is 4.39. The number of hydrogen-bond donors (Lipinski definition) is 1. The Labute approximate surface area is 119 Å². The molecule has 0 bridgehead atoms. The van der Waals surface area contributed by atoms with E-state index in [0.717, 1.165) is 5.69 Å². The van der Waals surface area contributed by atoms with E-state index in [1.54, 1.807) is 47.5 Å². The Bertz CT molecular complexity index is 798. The molecule has 0 unspecified atom stereocenters. The van der Waals surface area contributed by atoms with Gasteiger partial charge in [-0.05, 0) is 12.1 Å². The van der Waals surface area contributed by atoms with Crippen molar-refractivity contribution in [1.29, 1.82) is 0 Å². The maximum Gasteiger partial charge on any atom is 0.270 e. The van der Waals surface area contributed by atoms with Gasteiger partial charge in [-0.3, -0.25) is 15.1 Å². The van der Waals surface area contributed by atoms with E-state index in [1.165, 1.54) is 12.1 Å². The molecule has 1 aromatic carbocycles. The zero-order valence-corrected chi connectivity index (χ0v) is 10.9. The van der Waals surface area contributed by atoms with Crippen LogP contribution in [-0.4, -0.2) is 19.7 Å². The lowest BCUT2D eigenvalue weighted by Crippen LogP contribution is -1.95. The van der Waals surface area contributed by atoms with Gasteiger partial charge < -0.3 is 5.73 Å². The fraction of sp³-hybridized carbons (Fsp3) is 0. The molecule has 21 heavy (non-hydrogen) atoms. The SMILES string of the molecule is Nc1cn(-c2ccncc2)nc1-c1cccc([N+](=O)[O-])c1. The van der Waals surface area contributed by atoms with E-state index in [-0.39, 0.29) is 5.69 Å². The van der Waals surface area contributed by atoms with Gasteiger partial charge in [0.05, 0.1) is 22.5 Å². The highest BCUT2D eigenvalue weighted by Crippen LogP contribution is 2.27. The highest BCUT2D eigenvalue weighted by molar-refractivity contribution is 5.73. The van der Waals surface area contributed by atoms with E-state index in [1.807, 2.05) is 0 Å². The Morgan fingerprint density at radius 1 is 1.19 bits per heavy atom. The fourth-order valence-corrected chi connectivity index (χ4v) is 2.01. The summed E-state index contributed by atoms with van der Waals surface area (Å²) in [7, 11) is 0. The van der Waals surface area contributed by atoms with Crippen molar-refractivity contribution in [2.24, 2.45) is 0 Å². The van der Waals surface area contributed by atoms with Gasteiger partial charge in [-0.15, -0.1) is 0 Å². The maximum atomic E-state index is 10.8. The minimum Gasteiger partial charge on any atom is -0.396 e. The van der Waals surface area contributed by atoms with E-state index in [2.05, 4.69) is 10.1 Å². The first-order valence-electron chi connectivity index (χ1n) is 6.15. The summed E-state index contributed by atoms with van der Waals surface area (Å²) in [6, 6.07) is 9.82. The number of nitro benzene ring substituents is 1. The molecule has 3 rings (SSSR count). The molecule has 0 aliphatic heterocycles. The third-order valence-corrected chi connectivity index (χ3v) is 3.00. The summed E-state index contributed by atoms with van der Waals surface area (Å²) in [6.45, 7) is 0. The number of rotatable bonds is 3. The van der Waals surface area contributed by atoms with Crippen molar-refractivity contribution in [2.45, 2.75) is 0 Å². The number of aromatic nitrogens is 3. The first-order valence-corrected chi connectivity index (χ1v) is 6.15. The number of anilines is 1. The van der Waals surface area contributed by atoms with E-state index in [4.69, 9.17) is 5.73 Å². The molecule has 3 aromatic rings. The molecule has 7 heteroatoms. The van der Waals surface area contributed by atoms with Crippen LogP contribution in [0.5, 0.6) is 0 Å². The van der Waals surface area contributed by atoms with Crippen molar-refractivity contribution in [3.8, 4) is 16.9 Å². The smallest absolute Gasteiger partial charge is 0.270 e. The van der Waals surface area contributed by atoms with Crippen LogP contribution in [0.15, 0.2) is 55.0 Å². The number of nitrogen functional groups attached to an aromatic ring is 1. The summed E-state index contributed by atoms with van der Waals surface area (Å²) in [5.41, 5.74) is 8.35. The van der Waals surface area contributed by atoms with Crippen molar-refractivity contribution in [2.75, 3.05) is 5.73 Å². The van der Waals surface area contributed by atoms with Crippen molar-refractivity contribution in [3.05, 3.63) is 65.1 Å². The van der Waals surface area contributed by atoms with Gasteiger partial charge in [0.25, 0.3) is 5.69 Å². The molecule has 0 saturated heterocycles. The van der Waals surface area contributed by atoms with Crippen molar-refractivity contribution in [1.82, 2.24) is 14.8 Å².